The maximum Gasteiger partial charge on any atom is 0.244 e. The molecule has 0 unspecified atom stereocenters. The number of anilines is 1. The molecule has 0 radical (unpaired) electrons. The molecule has 31 heavy (non-hydrogen) atoms. The summed E-state index contributed by atoms with van der Waals surface area (Å²) in [7, 11) is 2.13. The van der Waals surface area contributed by atoms with Gasteiger partial charge < -0.3 is 4.90 Å². The fourth-order valence-electron chi connectivity index (χ4n) is 4.29. The topological polar surface area (TPSA) is 44.7 Å². The summed E-state index contributed by atoms with van der Waals surface area (Å²) in [6.45, 7) is 8.66. The largest absolute Gasteiger partial charge is 0.365 e. The zero-order valence-corrected chi connectivity index (χ0v) is 18.9. The van der Waals surface area contributed by atoms with E-state index in [4.69, 9.17) is 0 Å². The van der Waals surface area contributed by atoms with Gasteiger partial charge in [-0.15, -0.1) is 0 Å². The fraction of sp³-hybridized carbons (Fsp3) is 0.259. The maximum absolute atomic E-state index is 12.5. The summed E-state index contributed by atoms with van der Waals surface area (Å²) in [6, 6.07) is 18.5. The molecule has 1 N–H and O–H groups in total. The SMILES string of the molecule is CC1=CC(C)(C)N(C)c2cc(C)c(/C=N\NC(=O)Cc3cccc4ccccc34)cc21. The summed E-state index contributed by atoms with van der Waals surface area (Å²) >= 11 is 0. The van der Waals surface area contributed by atoms with E-state index in [-0.39, 0.29) is 11.4 Å². The molecule has 0 fully saturated rings. The van der Waals surface area contributed by atoms with Gasteiger partial charge in [-0.3, -0.25) is 4.79 Å². The first-order valence-corrected chi connectivity index (χ1v) is 10.6. The molecule has 0 atom stereocenters. The number of nitrogens with one attached hydrogen (secondary N) is 1. The Morgan fingerprint density at radius 2 is 1.84 bits per heavy atom. The number of carbonyl (C=O) groups is 1. The smallest absolute Gasteiger partial charge is 0.244 e. The molecular weight excluding hydrogens is 382 g/mol. The Morgan fingerprint density at radius 3 is 2.65 bits per heavy atom. The third kappa shape index (κ3) is 4.11. The van der Waals surface area contributed by atoms with E-state index in [2.05, 4.69) is 80.5 Å². The maximum atomic E-state index is 12.5. The Morgan fingerprint density at radius 1 is 1.10 bits per heavy atom. The third-order valence-electron chi connectivity index (χ3n) is 6.23. The van der Waals surface area contributed by atoms with Crippen LogP contribution >= 0.6 is 0 Å². The predicted molar refractivity (Wildman–Crippen MR) is 131 cm³/mol. The number of nitrogens with zero attached hydrogens (tertiary/aromatic N) is 2. The lowest BCUT2D eigenvalue weighted by atomic mass is 9.87. The van der Waals surface area contributed by atoms with Crippen LogP contribution in [0, 0.1) is 6.92 Å². The molecule has 1 aliphatic rings. The van der Waals surface area contributed by atoms with Gasteiger partial charge in [0, 0.05) is 18.3 Å². The van der Waals surface area contributed by atoms with Crippen LogP contribution in [0.25, 0.3) is 16.3 Å². The van der Waals surface area contributed by atoms with E-state index in [0.717, 1.165) is 27.5 Å². The molecule has 0 aliphatic carbocycles. The number of carbonyl (C=O) groups excluding carboxylic acids is 1. The minimum atomic E-state index is -0.124. The highest BCUT2D eigenvalue weighted by Crippen LogP contribution is 2.38. The number of allylic oxidation sites excluding steroid dienone is 1. The van der Waals surface area contributed by atoms with Gasteiger partial charge in [0.05, 0.1) is 18.2 Å². The number of hydrogen-bond donors (Lipinski definition) is 1. The van der Waals surface area contributed by atoms with E-state index < -0.39 is 0 Å². The highest BCUT2D eigenvalue weighted by Gasteiger charge is 2.28. The van der Waals surface area contributed by atoms with Crippen LogP contribution in [-0.2, 0) is 11.2 Å². The van der Waals surface area contributed by atoms with Crippen LogP contribution < -0.4 is 10.3 Å². The summed E-state index contributed by atoms with van der Waals surface area (Å²) < 4.78 is 0. The van der Waals surface area contributed by atoms with Crippen molar-refractivity contribution in [1.29, 1.82) is 0 Å². The van der Waals surface area contributed by atoms with Crippen molar-refractivity contribution in [3.63, 3.8) is 0 Å². The standard InChI is InChI=1S/C27H29N3O/c1-18-13-25-24(19(2)16-27(3,4)30(25)5)14-22(18)17-28-29-26(31)15-21-11-8-10-20-9-6-7-12-23(20)21/h6-14,16-17H,15H2,1-5H3,(H,29,31)/b28-17-. The van der Waals surface area contributed by atoms with E-state index in [9.17, 15) is 4.79 Å². The van der Waals surface area contributed by atoms with Gasteiger partial charge in [0.15, 0.2) is 0 Å². The first-order chi connectivity index (χ1) is 14.8. The molecule has 0 saturated heterocycles. The van der Waals surface area contributed by atoms with E-state index >= 15 is 0 Å². The Balaban J connectivity index is 1.51. The predicted octanol–water partition coefficient (Wildman–Crippen LogP) is 5.47. The second-order valence-corrected chi connectivity index (χ2v) is 8.87. The second-order valence-electron chi connectivity index (χ2n) is 8.87. The molecule has 1 heterocycles. The molecule has 4 rings (SSSR count). The summed E-state index contributed by atoms with van der Waals surface area (Å²) in [5.41, 5.74) is 9.49. The number of hydrogen-bond acceptors (Lipinski definition) is 3. The van der Waals surface area contributed by atoms with Gasteiger partial charge in [0.2, 0.25) is 5.91 Å². The van der Waals surface area contributed by atoms with E-state index in [0.29, 0.717) is 6.42 Å². The monoisotopic (exact) mass is 411 g/mol. The van der Waals surface area contributed by atoms with Gasteiger partial charge in [-0.25, -0.2) is 5.43 Å². The molecule has 1 aliphatic heterocycles. The summed E-state index contributed by atoms with van der Waals surface area (Å²) in [5, 5.41) is 6.48. The van der Waals surface area contributed by atoms with Crippen LogP contribution in [0.1, 0.15) is 43.0 Å². The average Bonchev–Trinajstić information content (AvgIpc) is 2.73. The number of likely N-dealkylation sites (N-methyl/N-ethyl adjacent to an activating group) is 1. The summed E-state index contributed by atoms with van der Waals surface area (Å²) in [6.07, 6.45) is 4.32. The lowest BCUT2D eigenvalue weighted by Gasteiger charge is -2.41. The van der Waals surface area contributed by atoms with Gasteiger partial charge >= 0.3 is 0 Å². The van der Waals surface area contributed by atoms with Crippen molar-refractivity contribution in [2.45, 2.75) is 39.7 Å². The van der Waals surface area contributed by atoms with Crippen LogP contribution in [0.2, 0.25) is 0 Å². The van der Waals surface area contributed by atoms with Crippen LogP contribution in [0.3, 0.4) is 0 Å². The number of benzene rings is 3. The van der Waals surface area contributed by atoms with Crippen LogP contribution in [0.15, 0.2) is 65.8 Å². The minimum absolute atomic E-state index is 0.0191. The van der Waals surface area contributed by atoms with Crippen molar-refractivity contribution in [3.8, 4) is 0 Å². The number of hydrazone groups is 1. The van der Waals surface area contributed by atoms with Gasteiger partial charge in [-0.1, -0.05) is 48.5 Å². The highest BCUT2D eigenvalue weighted by molar-refractivity contribution is 5.92. The van der Waals surface area contributed by atoms with E-state index in [1.807, 2.05) is 30.3 Å². The Kier molecular flexibility index (Phi) is 5.40. The number of amides is 1. The Hall–Kier alpha value is -3.40. The molecule has 158 valence electrons. The van der Waals surface area contributed by atoms with E-state index in [1.165, 1.54) is 16.8 Å². The van der Waals surface area contributed by atoms with Crippen molar-refractivity contribution in [2.24, 2.45) is 5.10 Å². The zero-order valence-electron chi connectivity index (χ0n) is 18.9. The fourth-order valence-corrected chi connectivity index (χ4v) is 4.29. The Labute approximate surface area is 184 Å². The number of aryl methyl sites for hydroxylation is 1. The molecule has 0 bridgehead atoms. The second kappa shape index (κ2) is 8.03. The molecule has 0 spiro atoms. The molecule has 0 aromatic heterocycles. The van der Waals surface area contributed by atoms with Gasteiger partial charge in [-0.2, -0.15) is 5.10 Å². The van der Waals surface area contributed by atoms with Gasteiger partial charge in [0.1, 0.15) is 0 Å². The molecule has 4 heteroatoms. The number of rotatable bonds is 4. The first kappa shape index (κ1) is 20.9. The van der Waals surface area contributed by atoms with Crippen molar-refractivity contribution in [1.82, 2.24) is 5.43 Å². The van der Waals surface area contributed by atoms with E-state index in [1.54, 1.807) is 6.21 Å². The average molecular weight is 412 g/mol. The van der Waals surface area contributed by atoms with Gasteiger partial charge in [-0.05, 0) is 72.9 Å². The zero-order chi connectivity index (χ0) is 22.2. The quantitative estimate of drug-likeness (QED) is 0.457. The Bertz CT molecular complexity index is 1220. The minimum Gasteiger partial charge on any atom is -0.365 e. The van der Waals surface area contributed by atoms with Crippen LogP contribution in [-0.4, -0.2) is 24.7 Å². The first-order valence-electron chi connectivity index (χ1n) is 10.6. The van der Waals surface area contributed by atoms with Crippen LogP contribution in [0.5, 0.6) is 0 Å². The lowest BCUT2D eigenvalue weighted by molar-refractivity contribution is -0.120. The highest BCUT2D eigenvalue weighted by atomic mass is 16.2. The van der Waals surface area contributed by atoms with Crippen molar-refractivity contribution < 1.29 is 4.79 Å². The lowest BCUT2D eigenvalue weighted by Crippen LogP contribution is -2.42. The molecule has 3 aromatic carbocycles. The summed E-state index contributed by atoms with van der Waals surface area (Å²) in [4.78, 5) is 14.8. The van der Waals surface area contributed by atoms with Crippen LogP contribution in [0.4, 0.5) is 5.69 Å². The van der Waals surface area contributed by atoms with Crippen molar-refractivity contribution in [2.75, 3.05) is 11.9 Å². The summed E-state index contributed by atoms with van der Waals surface area (Å²) in [5.74, 6) is -0.124. The molecule has 0 saturated carbocycles. The molecule has 4 nitrogen and oxygen atoms in total. The molecule has 1 amide bonds. The van der Waals surface area contributed by atoms with Gasteiger partial charge in [0.25, 0.3) is 0 Å². The molecule has 3 aromatic rings. The van der Waals surface area contributed by atoms with Crippen molar-refractivity contribution in [3.05, 3.63) is 82.9 Å². The number of fused-ring (bicyclic) bond motifs is 2. The molecular formula is C27H29N3O. The van der Waals surface area contributed by atoms with Crippen molar-refractivity contribution >= 4 is 34.2 Å². The third-order valence-corrected chi connectivity index (χ3v) is 6.23. The normalized spacial score (nSPS) is 15.1.